The smallest absolute Gasteiger partial charge is 0.150 e. The van der Waals surface area contributed by atoms with Crippen molar-refractivity contribution in [2.24, 2.45) is 0 Å². The molecular formula is C11H13FO3. The first-order chi connectivity index (χ1) is 7.26. The average Bonchev–Trinajstić information content (AvgIpc) is 2.23. The van der Waals surface area contributed by atoms with E-state index in [-0.39, 0.29) is 5.56 Å². The zero-order valence-corrected chi connectivity index (χ0v) is 8.53. The molecule has 82 valence electrons. The van der Waals surface area contributed by atoms with Crippen LogP contribution in [-0.2, 0) is 4.74 Å². The van der Waals surface area contributed by atoms with E-state index in [0.717, 1.165) is 12.5 Å². The van der Waals surface area contributed by atoms with Crippen molar-refractivity contribution < 1.29 is 18.7 Å². The van der Waals surface area contributed by atoms with Gasteiger partial charge in [0.2, 0.25) is 0 Å². The molecule has 1 aromatic carbocycles. The van der Waals surface area contributed by atoms with Crippen molar-refractivity contribution in [1.82, 2.24) is 0 Å². The summed E-state index contributed by atoms with van der Waals surface area (Å²) in [5.74, 6) is -0.102. The van der Waals surface area contributed by atoms with Crippen LogP contribution in [0.25, 0.3) is 0 Å². The molecule has 0 N–H and O–H groups in total. The Morgan fingerprint density at radius 1 is 1.33 bits per heavy atom. The van der Waals surface area contributed by atoms with Gasteiger partial charge in [0.1, 0.15) is 17.9 Å². The minimum atomic E-state index is -0.471. The lowest BCUT2D eigenvalue weighted by atomic mass is 10.2. The van der Waals surface area contributed by atoms with Crippen molar-refractivity contribution in [3.8, 4) is 5.75 Å². The average molecular weight is 212 g/mol. The molecule has 0 amide bonds. The van der Waals surface area contributed by atoms with Gasteiger partial charge >= 0.3 is 0 Å². The Balaban J connectivity index is 2.53. The summed E-state index contributed by atoms with van der Waals surface area (Å²) in [5, 5.41) is 0. The van der Waals surface area contributed by atoms with E-state index in [0.29, 0.717) is 25.2 Å². The monoisotopic (exact) mass is 212 g/mol. The summed E-state index contributed by atoms with van der Waals surface area (Å²) >= 11 is 0. The first kappa shape index (κ1) is 11.7. The predicted molar refractivity (Wildman–Crippen MR) is 53.8 cm³/mol. The van der Waals surface area contributed by atoms with Crippen LogP contribution < -0.4 is 4.74 Å². The molecule has 0 saturated carbocycles. The molecule has 0 heterocycles. The van der Waals surface area contributed by atoms with Gasteiger partial charge in [-0.2, -0.15) is 0 Å². The summed E-state index contributed by atoms with van der Waals surface area (Å²) in [7, 11) is 1.60. The second-order valence-electron chi connectivity index (χ2n) is 3.03. The number of rotatable bonds is 6. The molecule has 1 aromatic rings. The van der Waals surface area contributed by atoms with Crippen molar-refractivity contribution in [3.63, 3.8) is 0 Å². The third-order valence-electron chi connectivity index (χ3n) is 1.79. The largest absolute Gasteiger partial charge is 0.493 e. The van der Waals surface area contributed by atoms with Gasteiger partial charge in [0.05, 0.1) is 6.61 Å². The van der Waals surface area contributed by atoms with Crippen molar-refractivity contribution >= 4 is 6.29 Å². The molecule has 0 fully saturated rings. The molecular weight excluding hydrogens is 199 g/mol. The quantitative estimate of drug-likeness (QED) is 0.534. The van der Waals surface area contributed by atoms with Crippen LogP contribution in [0.1, 0.15) is 16.8 Å². The summed E-state index contributed by atoms with van der Waals surface area (Å²) in [6.07, 6.45) is 1.31. The molecule has 0 aliphatic heterocycles. The van der Waals surface area contributed by atoms with Crippen molar-refractivity contribution in [2.75, 3.05) is 20.3 Å². The Hall–Kier alpha value is -1.42. The maximum absolute atomic E-state index is 12.9. The highest BCUT2D eigenvalue weighted by atomic mass is 19.1. The highest BCUT2D eigenvalue weighted by Gasteiger charge is 2.00. The van der Waals surface area contributed by atoms with E-state index in [1.165, 1.54) is 12.1 Å². The van der Waals surface area contributed by atoms with Crippen molar-refractivity contribution in [2.45, 2.75) is 6.42 Å². The Morgan fingerprint density at radius 3 is 2.80 bits per heavy atom. The van der Waals surface area contributed by atoms with Gasteiger partial charge in [0, 0.05) is 31.8 Å². The number of hydrogen-bond donors (Lipinski definition) is 0. The third kappa shape index (κ3) is 4.08. The molecule has 0 saturated heterocycles. The van der Waals surface area contributed by atoms with E-state index >= 15 is 0 Å². The van der Waals surface area contributed by atoms with Crippen LogP contribution >= 0.6 is 0 Å². The first-order valence-corrected chi connectivity index (χ1v) is 4.64. The summed E-state index contributed by atoms with van der Waals surface area (Å²) in [6.45, 7) is 1.03. The Morgan fingerprint density at radius 2 is 2.13 bits per heavy atom. The topological polar surface area (TPSA) is 35.5 Å². The van der Waals surface area contributed by atoms with Crippen molar-refractivity contribution in [3.05, 3.63) is 29.6 Å². The van der Waals surface area contributed by atoms with Crippen LogP contribution in [-0.4, -0.2) is 26.6 Å². The Bertz CT molecular complexity index is 326. The van der Waals surface area contributed by atoms with Gasteiger partial charge in [-0.05, 0) is 12.1 Å². The maximum Gasteiger partial charge on any atom is 0.150 e. The Kier molecular flexibility index (Phi) is 4.77. The zero-order valence-electron chi connectivity index (χ0n) is 8.53. The van der Waals surface area contributed by atoms with Crippen LogP contribution in [0.4, 0.5) is 4.39 Å². The number of halogens is 1. The highest BCUT2D eigenvalue weighted by molar-refractivity contribution is 5.75. The summed E-state index contributed by atoms with van der Waals surface area (Å²) in [6, 6.07) is 3.91. The Labute approximate surface area is 87.8 Å². The lowest BCUT2D eigenvalue weighted by molar-refractivity contribution is 0.112. The molecule has 0 atom stereocenters. The van der Waals surface area contributed by atoms with E-state index in [1.54, 1.807) is 7.11 Å². The second kappa shape index (κ2) is 6.14. The van der Waals surface area contributed by atoms with E-state index in [2.05, 4.69) is 0 Å². The number of carbonyl (C=O) groups is 1. The maximum atomic E-state index is 12.9. The zero-order chi connectivity index (χ0) is 11.1. The molecule has 0 spiro atoms. The molecule has 0 radical (unpaired) electrons. The lowest BCUT2D eigenvalue weighted by Crippen LogP contribution is -2.02. The molecule has 0 aliphatic carbocycles. The van der Waals surface area contributed by atoms with Crippen molar-refractivity contribution in [1.29, 1.82) is 0 Å². The molecule has 0 unspecified atom stereocenters. The predicted octanol–water partition coefficient (Wildman–Crippen LogP) is 2.05. The van der Waals surface area contributed by atoms with E-state index in [1.807, 2.05) is 0 Å². The van der Waals surface area contributed by atoms with Gasteiger partial charge in [0.25, 0.3) is 0 Å². The molecule has 15 heavy (non-hydrogen) atoms. The molecule has 0 bridgehead atoms. The van der Waals surface area contributed by atoms with Crippen LogP contribution in [0.3, 0.4) is 0 Å². The van der Waals surface area contributed by atoms with Gasteiger partial charge in [-0.3, -0.25) is 4.79 Å². The number of carbonyl (C=O) groups excluding carboxylic acids is 1. The fourth-order valence-corrected chi connectivity index (χ4v) is 1.13. The van der Waals surface area contributed by atoms with E-state index in [9.17, 15) is 9.18 Å². The summed E-state index contributed by atoms with van der Waals surface area (Å²) in [4.78, 5) is 10.4. The number of hydrogen-bond acceptors (Lipinski definition) is 3. The third-order valence-corrected chi connectivity index (χ3v) is 1.79. The van der Waals surface area contributed by atoms with Crippen LogP contribution in [0, 0.1) is 5.82 Å². The fourth-order valence-electron chi connectivity index (χ4n) is 1.13. The number of ether oxygens (including phenoxy) is 2. The first-order valence-electron chi connectivity index (χ1n) is 4.64. The second-order valence-corrected chi connectivity index (χ2v) is 3.03. The molecule has 1 rings (SSSR count). The van der Waals surface area contributed by atoms with Gasteiger partial charge in [-0.25, -0.2) is 4.39 Å². The fraction of sp³-hybridized carbons (Fsp3) is 0.364. The molecule has 3 nitrogen and oxygen atoms in total. The summed E-state index contributed by atoms with van der Waals surface area (Å²) < 4.78 is 23.0. The van der Waals surface area contributed by atoms with Gasteiger partial charge in [-0.15, -0.1) is 0 Å². The van der Waals surface area contributed by atoms with E-state index < -0.39 is 5.82 Å². The summed E-state index contributed by atoms with van der Waals surface area (Å²) in [5.41, 5.74) is 0.275. The lowest BCUT2D eigenvalue weighted by Gasteiger charge is -2.06. The normalized spacial score (nSPS) is 10.0. The van der Waals surface area contributed by atoms with Crippen LogP contribution in [0.2, 0.25) is 0 Å². The molecule has 4 heteroatoms. The van der Waals surface area contributed by atoms with E-state index in [4.69, 9.17) is 9.47 Å². The van der Waals surface area contributed by atoms with Crippen LogP contribution in [0.5, 0.6) is 5.75 Å². The minimum absolute atomic E-state index is 0.275. The molecule has 0 aliphatic rings. The van der Waals surface area contributed by atoms with Gasteiger partial charge < -0.3 is 9.47 Å². The number of aldehydes is 1. The SMILES string of the molecule is COCCCOc1cc(F)cc(C=O)c1. The standard InChI is InChI=1S/C11H13FO3/c1-14-3-2-4-15-11-6-9(8-13)5-10(12)7-11/h5-8H,2-4H2,1H3. The number of benzene rings is 1. The number of methoxy groups -OCH3 is 1. The highest BCUT2D eigenvalue weighted by Crippen LogP contribution is 2.15. The molecule has 0 aromatic heterocycles. The van der Waals surface area contributed by atoms with Gasteiger partial charge in [0.15, 0.2) is 0 Å². The van der Waals surface area contributed by atoms with Crippen LogP contribution in [0.15, 0.2) is 18.2 Å². The minimum Gasteiger partial charge on any atom is -0.493 e. The van der Waals surface area contributed by atoms with Gasteiger partial charge in [-0.1, -0.05) is 0 Å².